The molecule has 1 atom stereocenters. The Kier molecular flexibility index (Phi) is 6.02. The van der Waals surface area contributed by atoms with Gasteiger partial charge in [0.2, 0.25) is 5.91 Å². The van der Waals surface area contributed by atoms with Crippen molar-refractivity contribution in [2.24, 2.45) is 0 Å². The van der Waals surface area contributed by atoms with Crippen molar-refractivity contribution in [3.63, 3.8) is 0 Å². The van der Waals surface area contributed by atoms with Gasteiger partial charge in [-0.3, -0.25) is 19.6 Å². The number of piperidine rings is 1. The highest BCUT2D eigenvalue weighted by atomic mass is 19.1. The SMILES string of the molecule is CC(=O)Nc1cccc(-c2nccnc2C2CCCN(C(=O)c3ccc(F)cc3)C2)c1. The summed E-state index contributed by atoms with van der Waals surface area (Å²) in [5.74, 6) is -0.577. The van der Waals surface area contributed by atoms with Crippen molar-refractivity contribution in [2.75, 3.05) is 18.4 Å². The lowest BCUT2D eigenvalue weighted by atomic mass is 9.91. The average Bonchev–Trinajstić information content (AvgIpc) is 2.79. The van der Waals surface area contributed by atoms with Gasteiger partial charge in [-0.1, -0.05) is 12.1 Å². The molecule has 1 saturated heterocycles. The van der Waals surface area contributed by atoms with E-state index in [0.29, 0.717) is 24.3 Å². The van der Waals surface area contributed by atoms with Gasteiger partial charge in [0.05, 0.1) is 11.4 Å². The van der Waals surface area contributed by atoms with Crippen LogP contribution in [0.4, 0.5) is 10.1 Å². The Balaban J connectivity index is 1.59. The summed E-state index contributed by atoms with van der Waals surface area (Å²) in [7, 11) is 0. The molecule has 1 aliphatic rings. The van der Waals surface area contributed by atoms with Gasteiger partial charge in [0.15, 0.2) is 0 Å². The summed E-state index contributed by atoms with van der Waals surface area (Å²) in [4.78, 5) is 35.3. The first-order chi connectivity index (χ1) is 15.0. The molecule has 0 bridgehead atoms. The second-order valence-electron chi connectivity index (χ2n) is 7.65. The molecule has 158 valence electrons. The summed E-state index contributed by atoms with van der Waals surface area (Å²) < 4.78 is 13.2. The Hall–Kier alpha value is -3.61. The fourth-order valence-corrected chi connectivity index (χ4v) is 3.98. The molecule has 4 rings (SSSR count). The quantitative estimate of drug-likeness (QED) is 0.687. The number of anilines is 1. The number of likely N-dealkylation sites (tertiary alicyclic amines) is 1. The van der Waals surface area contributed by atoms with Crippen molar-refractivity contribution < 1.29 is 14.0 Å². The molecule has 1 fully saturated rings. The predicted octanol–water partition coefficient (Wildman–Crippen LogP) is 4.26. The number of halogens is 1. The summed E-state index contributed by atoms with van der Waals surface area (Å²) in [6.45, 7) is 2.64. The van der Waals surface area contributed by atoms with E-state index in [-0.39, 0.29) is 23.5 Å². The smallest absolute Gasteiger partial charge is 0.253 e. The van der Waals surface area contributed by atoms with Crippen LogP contribution in [0, 0.1) is 5.82 Å². The zero-order valence-electron chi connectivity index (χ0n) is 17.2. The van der Waals surface area contributed by atoms with Crippen molar-refractivity contribution in [1.29, 1.82) is 0 Å². The van der Waals surface area contributed by atoms with E-state index in [9.17, 15) is 14.0 Å². The summed E-state index contributed by atoms with van der Waals surface area (Å²) in [5, 5.41) is 2.79. The van der Waals surface area contributed by atoms with Gasteiger partial charge in [-0.25, -0.2) is 4.39 Å². The van der Waals surface area contributed by atoms with Crippen LogP contribution in [0.5, 0.6) is 0 Å². The second kappa shape index (κ2) is 9.04. The minimum atomic E-state index is -0.362. The number of nitrogens with zero attached hydrogens (tertiary/aromatic N) is 3. The van der Waals surface area contributed by atoms with Gasteiger partial charge in [0.1, 0.15) is 5.82 Å². The predicted molar refractivity (Wildman–Crippen MR) is 116 cm³/mol. The van der Waals surface area contributed by atoms with Crippen LogP contribution in [0.1, 0.15) is 41.7 Å². The topological polar surface area (TPSA) is 75.2 Å². The van der Waals surface area contributed by atoms with Crippen LogP contribution in [0.3, 0.4) is 0 Å². The molecule has 7 heteroatoms. The first-order valence-electron chi connectivity index (χ1n) is 10.2. The van der Waals surface area contributed by atoms with Gasteiger partial charge < -0.3 is 10.2 Å². The van der Waals surface area contributed by atoms with Crippen molar-refractivity contribution >= 4 is 17.5 Å². The molecule has 1 aromatic heterocycles. The van der Waals surface area contributed by atoms with Crippen LogP contribution >= 0.6 is 0 Å². The minimum absolute atomic E-state index is 0.0336. The number of rotatable bonds is 4. The van der Waals surface area contributed by atoms with Crippen molar-refractivity contribution in [1.82, 2.24) is 14.9 Å². The lowest BCUT2D eigenvalue weighted by Crippen LogP contribution is -2.39. The first kappa shape index (κ1) is 20.7. The molecule has 31 heavy (non-hydrogen) atoms. The molecule has 0 saturated carbocycles. The average molecular weight is 418 g/mol. The van der Waals surface area contributed by atoms with E-state index in [4.69, 9.17) is 0 Å². The number of hydrogen-bond acceptors (Lipinski definition) is 4. The van der Waals surface area contributed by atoms with Gasteiger partial charge >= 0.3 is 0 Å². The Morgan fingerprint density at radius 2 is 1.87 bits per heavy atom. The zero-order chi connectivity index (χ0) is 21.8. The summed E-state index contributed by atoms with van der Waals surface area (Å²) >= 11 is 0. The molecule has 2 heterocycles. The molecule has 2 aromatic carbocycles. The monoisotopic (exact) mass is 418 g/mol. The maximum absolute atomic E-state index is 13.2. The van der Waals surface area contributed by atoms with Crippen LogP contribution in [0.15, 0.2) is 60.9 Å². The third kappa shape index (κ3) is 4.77. The van der Waals surface area contributed by atoms with E-state index in [1.807, 2.05) is 24.3 Å². The Labute approximate surface area is 180 Å². The van der Waals surface area contributed by atoms with Crippen LogP contribution in [0.2, 0.25) is 0 Å². The molecular weight excluding hydrogens is 395 g/mol. The highest BCUT2D eigenvalue weighted by molar-refractivity contribution is 5.94. The second-order valence-corrected chi connectivity index (χ2v) is 7.65. The molecule has 0 aliphatic carbocycles. The summed E-state index contributed by atoms with van der Waals surface area (Å²) in [5.41, 5.74) is 3.61. The normalized spacial score (nSPS) is 16.1. The molecule has 0 spiro atoms. The number of carbonyl (C=O) groups is 2. The van der Waals surface area contributed by atoms with Gasteiger partial charge in [-0.05, 0) is 49.2 Å². The maximum Gasteiger partial charge on any atom is 0.253 e. The third-order valence-electron chi connectivity index (χ3n) is 5.37. The Morgan fingerprint density at radius 3 is 2.65 bits per heavy atom. The molecule has 6 nitrogen and oxygen atoms in total. The molecule has 1 unspecified atom stereocenters. The molecule has 1 aliphatic heterocycles. The highest BCUT2D eigenvalue weighted by Crippen LogP contribution is 2.33. The molecule has 2 amide bonds. The zero-order valence-corrected chi connectivity index (χ0v) is 17.2. The van der Waals surface area contributed by atoms with E-state index in [1.54, 1.807) is 17.3 Å². The number of carbonyl (C=O) groups excluding carboxylic acids is 2. The lowest BCUT2D eigenvalue weighted by Gasteiger charge is -2.33. The minimum Gasteiger partial charge on any atom is -0.338 e. The van der Waals surface area contributed by atoms with E-state index >= 15 is 0 Å². The van der Waals surface area contributed by atoms with E-state index in [0.717, 1.165) is 29.8 Å². The van der Waals surface area contributed by atoms with Gasteiger partial charge in [-0.2, -0.15) is 0 Å². The van der Waals surface area contributed by atoms with E-state index < -0.39 is 0 Å². The van der Waals surface area contributed by atoms with Crippen molar-refractivity contribution in [3.05, 3.63) is 78.0 Å². The van der Waals surface area contributed by atoms with Crippen molar-refractivity contribution in [3.8, 4) is 11.3 Å². The van der Waals surface area contributed by atoms with Crippen LogP contribution in [-0.2, 0) is 4.79 Å². The van der Waals surface area contributed by atoms with Crippen LogP contribution in [0.25, 0.3) is 11.3 Å². The lowest BCUT2D eigenvalue weighted by molar-refractivity contribution is -0.114. The molecular formula is C24H23FN4O2. The number of benzene rings is 2. The van der Waals surface area contributed by atoms with Crippen molar-refractivity contribution in [2.45, 2.75) is 25.7 Å². The fourth-order valence-electron chi connectivity index (χ4n) is 3.98. The first-order valence-corrected chi connectivity index (χ1v) is 10.2. The molecule has 3 aromatic rings. The largest absolute Gasteiger partial charge is 0.338 e. The van der Waals surface area contributed by atoms with Gasteiger partial charge in [-0.15, -0.1) is 0 Å². The Bertz CT molecular complexity index is 1100. The summed E-state index contributed by atoms with van der Waals surface area (Å²) in [6.07, 6.45) is 5.05. The van der Waals surface area contributed by atoms with Crippen LogP contribution in [-0.4, -0.2) is 39.8 Å². The third-order valence-corrected chi connectivity index (χ3v) is 5.37. The number of aromatic nitrogens is 2. The highest BCUT2D eigenvalue weighted by Gasteiger charge is 2.28. The fraction of sp³-hybridized carbons (Fsp3) is 0.250. The number of nitrogens with one attached hydrogen (secondary N) is 1. The van der Waals surface area contributed by atoms with Gasteiger partial charge in [0, 0.05) is 55.1 Å². The summed E-state index contributed by atoms with van der Waals surface area (Å²) in [6, 6.07) is 13.1. The Morgan fingerprint density at radius 1 is 1.10 bits per heavy atom. The van der Waals surface area contributed by atoms with Gasteiger partial charge in [0.25, 0.3) is 5.91 Å². The number of hydrogen-bond donors (Lipinski definition) is 1. The molecule has 0 radical (unpaired) electrons. The van der Waals surface area contributed by atoms with E-state index in [2.05, 4.69) is 15.3 Å². The maximum atomic E-state index is 13.2. The van der Waals surface area contributed by atoms with E-state index in [1.165, 1.54) is 31.2 Å². The molecule has 1 N–H and O–H groups in total. The number of amides is 2. The van der Waals surface area contributed by atoms with Crippen LogP contribution < -0.4 is 5.32 Å². The standard InChI is InChI=1S/C24H23FN4O2/c1-16(30)28-21-6-2-4-18(14-21)22-23(27-12-11-26-22)19-5-3-13-29(15-19)24(31)17-7-9-20(25)10-8-17/h2,4,6-12,14,19H,3,5,13,15H2,1H3,(H,28,30).